The maximum Gasteiger partial charge on any atom is 0.388 e. The first-order valence-electron chi connectivity index (χ1n) is 8.35. The lowest BCUT2D eigenvalue weighted by molar-refractivity contribution is -0.273. The van der Waals surface area contributed by atoms with E-state index in [-0.39, 0.29) is 12.5 Å². The Morgan fingerprint density at radius 2 is 1.70 bits per heavy atom. The van der Waals surface area contributed by atoms with Gasteiger partial charge in [0.15, 0.2) is 0 Å². The molecular formula is C19H20FN3O4. The average molecular weight is 373 g/mol. The van der Waals surface area contributed by atoms with E-state index >= 15 is 0 Å². The first-order valence-corrected chi connectivity index (χ1v) is 8.35. The number of nitrogens with one attached hydrogen (secondary N) is 2. The molecule has 0 spiro atoms. The molecule has 2 amide bonds. The summed E-state index contributed by atoms with van der Waals surface area (Å²) in [4.78, 5) is 16.2. The number of oxime groups is 1. The van der Waals surface area contributed by atoms with Crippen LogP contribution in [0.25, 0.3) is 0 Å². The number of aliphatic hydroxyl groups is 1. The van der Waals surface area contributed by atoms with Gasteiger partial charge in [-0.2, -0.15) is 4.39 Å². The lowest BCUT2D eigenvalue weighted by atomic mass is 10.1. The lowest BCUT2D eigenvalue weighted by Crippen LogP contribution is -2.34. The van der Waals surface area contributed by atoms with Crippen LogP contribution in [-0.2, 0) is 17.9 Å². The predicted molar refractivity (Wildman–Crippen MR) is 96.8 cm³/mol. The topological polar surface area (TPSA) is 92.2 Å². The second-order valence-corrected chi connectivity index (χ2v) is 6.08. The number of alkyl halides is 1. The fraction of sp³-hybridized carbons (Fsp3) is 0.263. The van der Waals surface area contributed by atoms with Gasteiger partial charge in [-0.1, -0.05) is 41.6 Å². The Morgan fingerprint density at radius 3 is 2.19 bits per heavy atom. The molecule has 2 aromatic carbocycles. The molecule has 0 bridgehead atoms. The van der Waals surface area contributed by atoms with Gasteiger partial charge >= 0.3 is 12.1 Å². The molecule has 0 saturated heterocycles. The van der Waals surface area contributed by atoms with Crippen molar-refractivity contribution in [2.45, 2.75) is 25.6 Å². The van der Waals surface area contributed by atoms with E-state index in [1.807, 2.05) is 24.3 Å². The molecule has 3 rings (SSSR count). The summed E-state index contributed by atoms with van der Waals surface area (Å²) in [7, 11) is 1.60. The number of carbonyl (C=O) groups excluding carboxylic acids is 1. The Morgan fingerprint density at radius 1 is 1.15 bits per heavy atom. The van der Waals surface area contributed by atoms with Gasteiger partial charge in [0.05, 0.1) is 19.2 Å². The van der Waals surface area contributed by atoms with Crippen LogP contribution >= 0.6 is 0 Å². The number of hydrogen-bond acceptors (Lipinski definition) is 5. The molecule has 8 heteroatoms. The molecule has 0 aromatic heterocycles. The third-order valence-electron chi connectivity index (χ3n) is 4.03. The number of halogens is 1. The van der Waals surface area contributed by atoms with Crippen molar-refractivity contribution in [3.05, 3.63) is 65.2 Å². The van der Waals surface area contributed by atoms with Gasteiger partial charge in [-0.15, -0.1) is 0 Å². The van der Waals surface area contributed by atoms with Crippen molar-refractivity contribution in [1.29, 1.82) is 0 Å². The van der Waals surface area contributed by atoms with E-state index in [0.717, 1.165) is 16.9 Å². The number of nitrogens with zero attached hydrogens (tertiary/aromatic N) is 1. The molecule has 1 unspecified atom stereocenters. The van der Waals surface area contributed by atoms with Crippen LogP contribution in [0, 0.1) is 0 Å². The monoisotopic (exact) mass is 373 g/mol. The van der Waals surface area contributed by atoms with Gasteiger partial charge in [0.25, 0.3) is 0 Å². The van der Waals surface area contributed by atoms with Crippen molar-refractivity contribution in [3.8, 4) is 5.75 Å². The van der Waals surface area contributed by atoms with E-state index in [0.29, 0.717) is 24.4 Å². The van der Waals surface area contributed by atoms with Crippen molar-refractivity contribution in [3.63, 3.8) is 0 Å². The van der Waals surface area contributed by atoms with Crippen molar-refractivity contribution in [2.75, 3.05) is 7.11 Å². The molecule has 1 aliphatic rings. The molecule has 27 heavy (non-hydrogen) atoms. The Bertz CT molecular complexity index is 820. The van der Waals surface area contributed by atoms with Crippen molar-refractivity contribution >= 4 is 11.7 Å². The van der Waals surface area contributed by atoms with Crippen LogP contribution < -0.4 is 15.4 Å². The molecule has 142 valence electrons. The SMILES string of the molecule is COc1ccc(CNC(=O)NCc2ccc(C3=NOC(O)(F)C3)cc2)cc1. The van der Waals surface area contributed by atoms with Gasteiger partial charge in [-0.05, 0) is 28.8 Å². The first kappa shape index (κ1) is 18.7. The predicted octanol–water partition coefficient (Wildman–Crippen LogP) is 2.43. The number of amides is 2. The highest BCUT2D eigenvalue weighted by Crippen LogP contribution is 2.25. The highest BCUT2D eigenvalue weighted by atomic mass is 19.2. The summed E-state index contributed by atoms with van der Waals surface area (Å²) in [6, 6.07) is 11.4. The molecule has 7 nitrogen and oxygen atoms in total. The minimum atomic E-state index is -2.74. The first-order chi connectivity index (χ1) is 12.9. The average Bonchev–Trinajstić information content (AvgIpc) is 3.05. The van der Waals surface area contributed by atoms with Crippen LogP contribution in [0.1, 0.15) is 23.1 Å². The van der Waals surface area contributed by atoms with Crippen LogP contribution in [0.15, 0.2) is 53.7 Å². The fourth-order valence-corrected chi connectivity index (χ4v) is 2.54. The Hall–Kier alpha value is -3.13. The van der Waals surface area contributed by atoms with Gasteiger partial charge in [-0.25, -0.2) is 4.79 Å². The number of carbonyl (C=O) groups is 1. The van der Waals surface area contributed by atoms with Gasteiger partial charge in [0.1, 0.15) is 5.75 Å². The highest BCUT2D eigenvalue weighted by Gasteiger charge is 2.37. The zero-order valence-corrected chi connectivity index (χ0v) is 14.7. The molecule has 0 saturated carbocycles. The van der Waals surface area contributed by atoms with E-state index in [4.69, 9.17) is 9.84 Å². The van der Waals surface area contributed by atoms with Crippen LogP contribution in [0.5, 0.6) is 5.75 Å². The van der Waals surface area contributed by atoms with E-state index in [1.54, 1.807) is 31.4 Å². The number of methoxy groups -OCH3 is 1. The fourth-order valence-electron chi connectivity index (χ4n) is 2.54. The van der Waals surface area contributed by atoms with Crippen molar-refractivity contribution < 1.29 is 23.9 Å². The summed E-state index contributed by atoms with van der Waals surface area (Å²) in [5.74, 6) is 0.762. The summed E-state index contributed by atoms with van der Waals surface area (Å²) < 4.78 is 18.3. The zero-order chi connectivity index (χ0) is 19.3. The van der Waals surface area contributed by atoms with Gasteiger partial charge in [0, 0.05) is 13.1 Å². The van der Waals surface area contributed by atoms with Crippen LogP contribution in [0.3, 0.4) is 0 Å². The van der Waals surface area contributed by atoms with Crippen molar-refractivity contribution in [1.82, 2.24) is 10.6 Å². The maximum atomic E-state index is 13.2. The largest absolute Gasteiger partial charge is 0.497 e. The normalized spacial score (nSPS) is 18.4. The van der Waals surface area contributed by atoms with Crippen molar-refractivity contribution in [2.24, 2.45) is 5.16 Å². The van der Waals surface area contributed by atoms with E-state index < -0.39 is 6.04 Å². The molecular weight excluding hydrogens is 353 g/mol. The minimum Gasteiger partial charge on any atom is -0.497 e. The zero-order valence-electron chi connectivity index (χ0n) is 14.7. The molecule has 2 aromatic rings. The van der Waals surface area contributed by atoms with Gasteiger partial charge in [0.2, 0.25) is 0 Å². The second kappa shape index (κ2) is 8.05. The molecule has 1 aliphatic heterocycles. The summed E-state index contributed by atoms with van der Waals surface area (Å²) in [6.07, 6.45) is -0.321. The standard InChI is InChI=1S/C19H20FN3O4/c1-26-16-8-4-14(5-9-16)12-22-18(24)21-11-13-2-6-15(7-3-13)17-10-19(20,25)27-23-17/h2-9,25H,10-12H2,1H3,(H2,21,22,24). The molecule has 0 radical (unpaired) electrons. The van der Waals surface area contributed by atoms with Crippen LogP contribution in [-0.4, -0.2) is 30.0 Å². The summed E-state index contributed by atoms with van der Waals surface area (Å²) in [5.41, 5.74) is 2.81. The second-order valence-electron chi connectivity index (χ2n) is 6.08. The quantitative estimate of drug-likeness (QED) is 0.725. The Labute approximate surface area is 155 Å². The lowest BCUT2D eigenvalue weighted by Gasteiger charge is -2.09. The van der Waals surface area contributed by atoms with E-state index in [1.165, 1.54) is 0 Å². The van der Waals surface area contributed by atoms with Gasteiger partial charge in [-0.3, -0.25) is 0 Å². The number of ether oxygens (including phenoxy) is 1. The Kier molecular flexibility index (Phi) is 5.56. The minimum absolute atomic E-state index is 0.286. The molecule has 3 N–H and O–H groups in total. The molecule has 0 fully saturated rings. The number of hydrogen-bond donors (Lipinski definition) is 3. The molecule has 1 atom stereocenters. The molecule has 0 aliphatic carbocycles. The number of urea groups is 1. The third-order valence-corrected chi connectivity index (χ3v) is 4.03. The van der Waals surface area contributed by atoms with E-state index in [9.17, 15) is 9.18 Å². The smallest absolute Gasteiger partial charge is 0.388 e. The van der Waals surface area contributed by atoms with Crippen LogP contribution in [0.2, 0.25) is 0 Å². The van der Waals surface area contributed by atoms with E-state index in [2.05, 4.69) is 20.6 Å². The maximum absolute atomic E-state index is 13.2. The summed E-state index contributed by atoms with van der Waals surface area (Å²) in [6.45, 7) is 0.742. The summed E-state index contributed by atoms with van der Waals surface area (Å²) >= 11 is 0. The highest BCUT2D eigenvalue weighted by molar-refractivity contribution is 6.01. The summed E-state index contributed by atoms with van der Waals surface area (Å²) in [5, 5.41) is 18.2. The number of rotatable bonds is 6. The van der Waals surface area contributed by atoms with Crippen LogP contribution in [0.4, 0.5) is 9.18 Å². The number of benzene rings is 2. The third kappa shape index (κ3) is 5.18. The van der Waals surface area contributed by atoms with Gasteiger partial charge < -0.3 is 25.3 Å². The molecule has 1 heterocycles. The Balaban J connectivity index is 1.44.